The summed E-state index contributed by atoms with van der Waals surface area (Å²) in [7, 11) is 0. The summed E-state index contributed by atoms with van der Waals surface area (Å²) in [6.07, 6.45) is 2.04. The van der Waals surface area contributed by atoms with Crippen LogP contribution in [0.15, 0.2) is 59.0 Å². The van der Waals surface area contributed by atoms with Crippen molar-refractivity contribution >= 4 is 16.6 Å². The molecule has 130 valence electrons. The zero-order valence-electron chi connectivity index (χ0n) is 14.5. The van der Waals surface area contributed by atoms with Crippen LogP contribution in [0.25, 0.3) is 22.4 Å². The molecule has 2 heterocycles. The van der Waals surface area contributed by atoms with E-state index in [0.29, 0.717) is 17.5 Å². The van der Waals surface area contributed by atoms with Gasteiger partial charge in [0, 0.05) is 24.2 Å². The molecule has 0 bridgehead atoms. The second kappa shape index (κ2) is 7.31. The second-order valence-corrected chi connectivity index (χ2v) is 6.08. The molecule has 2 aromatic heterocycles. The summed E-state index contributed by atoms with van der Waals surface area (Å²) < 4.78 is 5.52. The van der Waals surface area contributed by atoms with Crippen molar-refractivity contribution in [3.63, 3.8) is 0 Å². The Kier molecular flexibility index (Phi) is 4.55. The molecular formula is C20H19N5O. The number of rotatable bonds is 6. The van der Waals surface area contributed by atoms with Gasteiger partial charge in [0.25, 0.3) is 5.89 Å². The van der Waals surface area contributed by atoms with Crippen LogP contribution in [0.2, 0.25) is 0 Å². The topological polar surface area (TPSA) is 76.7 Å². The fraction of sp³-hybridized carbons (Fsp3) is 0.200. The minimum Gasteiger partial charge on any atom is -0.420 e. The molecule has 0 saturated carbocycles. The molecule has 0 aliphatic rings. The van der Waals surface area contributed by atoms with E-state index in [0.717, 1.165) is 36.0 Å². The van der Waals surface area contributed by atoms with Crippen LogP contribution in [0.4, 0.5) is 5.82 Å². The van der Waals surface area contributed by atoms with E-state index in [1.165, 1.54) is 5.56 Å². The van der Waals surface area contributed by atoms with Crippen molar-refractivity contribution in [3.8, 4) is 11.6 Å². The molecule has 26 heavy (non-hydrogen) atoms. The molecule has 0 radical (unpaired) electrons. The van der Waals surface area contributed by atoms with Crippen molar-refractivity contribution in [1.82, 2.24) is 20.4 Å². The maximum absolute atomic E-state index is 5.52. The van der Waals surface area contributed by atoms with Crippen molar-refractivity contribution in [3.05, 3.63) is 66.1 Å². The highest BCUT2D eigenvalue weighted by Crippen LogP contribution is 2.28. The number of aryl methyl sites for hydroxylation is 2. The van der Waals surface area contributed by atoms with E-state index in [9.17, 15) is 0 Å². The van der Waals surface area contributed by atoms with Crippen LogP contribution >= 0.6 is 0 Å². The van der Waals surface area contributed by atoms with E-state index in [-0.39, 0.29) is 0 Å². The number of fused-ring (bicyclic) bond motifs is 1. The highest BCUT2D eigenvalue weighted by molar-refractivity contribution is 5.98. The van der Waals surface area contributed by atoms with Crippen molar-refractivity contribution in [2.75, 3.05) is 11.9 Å². The van der Waals surface area contributed by atoms with Crippen LogP contribution in [0, 0.1) is 6.92 Å². The largest absolute Gasteiger partial charge is 0.420 e. The zero-order valence-corrected chi connectivity index (χ0v) is 14.5. The Hall–Kier alpha value is -3.28. The Labute approximate surface area is 151 Å². The molecule has 4 aromatic rings. The normalized spacial score (nSPS) is 11.0. The number of nitrogens with one attached hydrogen (secondary N) is 1. The van der Waals surface area contributed by atoms with E-state index in [2.05, 4.69) is 50.0 Å². The number of aromatic nitrogens is 4. The molecule has 2 aromatic carbocycles. The van der Waals surface area contributed by atoms with Gasteiger partial charge in [-0.2, -0.15) is 0 Å². The van der Waals surface area contributed by atoms with Crippen molar-refractivity contribution in [2.24, 2.45) is 0 Å². The molecule has 0 aliphatic heterocycles. The molecule has 0 saturated heterocycles. The molecule has 0 fully saturated rings. The number of hydrogen-bond acceptors (Lipinski definition) is 6. The van der Waals surface area contributed by atoms with Gasteiger partial charge in [0.05, 0.1) is 0 Å². The van der Waals surface area contributed by atoms with Gasteiger partial charge in [0.2, 0.25) is 5.89 Å². The highest BCUT2D eigenvalue weighted by atomic mass is 16.4. The maximum Gasteiger partial charge on any atom is 0.268 e. The first-order chi connectivity index (χ1) is 12.8. The van der Waals surface area contributed by atoms with Crippen LogP contribution in [0.1, 0.15) is 17.9 Å². The molecule has 6 nitrogen and oxygen atoms in total. The smallest absolute Gasteiger partial charge is 0.268 e. The highest BCUT2D eigenvalue weighted by Gasteiger charge is 2.15. The van der Waals surface area contributed by atoms with Gasteiger partial charge in [-0.05, 0) is 18.4 Å². The Morgan fingerprint density at radius 2 is 1.62 bits per heavy atom. The van der Waals surface area contributed by atoms with Crippen LogP contribution < -0.4 is 5.32 Å². The molecule has 4 rings (SSSR count). The van der Waals surface area contributed by atoms with Gasteiger partial charge >= 0.3 is 0 Å². The summed E-state index contributed by atoms with van der Waals surface area (Å²) in [5, 5.41) is 22.0. The predicted molar refractivity (Wildman–Crippen MR) is 101 cm³/mol. The Morgan fingerprint density at radius 3 is 2.38 bits per heavy atom. The average Bonchev–Trinajstić information content (AvgIpc) is 3.12. The molecule has 1 N–H and O–H groups in total. The van der Waals surface area contributed by atoms with Gasteiger partial charge < -0.3 is 9.73 Å². The van der Waals surface area contributed by atoms with Crippen molar-refractivity contribution < 1.29 is 4.42 Å². The lowest BCUT2D eigenvalue weighted by Gasteiger charge is -2.09. The van der Waals surface area contributed by atoms with Gasteiger partial charge in [0.15, 0.2) is 11.5 Å². The van der Waals surface area contributed by atoms with E-state index >= 15 is 0 Å². The molecule has 0 unspecified atom stereocenters. The summed E-state index contributed by atoms with van der Waals surface area (Å²) in [4.78, 5) is 0. The second-order valence-electron chi connectivity index (χ2n) is 6.08. The Morgan fingerprint density at radius 1 is 0.846 bits per heavy atom. The van der Waals surface area contributed by atoms with Gasteiger partial charge in [-0.15, -0.1) is 20.4 Å². The van der Waals surface area contributed by atoms with Crippen LogP contribution in [0.5, 0.6) is 0 Å². The van der Waals surface area contributed by atoms with E-state index in [4.69, 9.17) is 4.42 Å². The minimum atomic E-state index is 0.391. The van der Waals surface area contributed by atoms with E-state index in [1.54, 1.807) is 6.92 Å². The van der Waals surface area contributed by atoms with Gasteiger partial charge in [-0.1, -0.05) is 54.6 Å². The molecular weight excluding hydrogens is 326 g/mol. The average molecular weight is 345 g/mol. The predicted octanol–water partition coefficient (Wildman–Crippen LogP) is 4.03. The third-order valence-electron chi connectivity index (χ3n) is 4.19. The monoisotopic (exact) mass is 345 g/mol. The number of nitrogens with zero attached hydrogens (tertiary/aromatic N) is 4. The maximum atomic E-state index is 5.52. The molecule has 6 heteroatoms. The minimum absolute atomic E-state index is 0.391. The number of hydrogen-bond donors (Lipinski definition) is 1. The lowest BCUT2D eigenvalue weighted by Crippen LogP contribution is -2.06. The molecule has 0 amide bonds. The fourth-order valence-electron chi connectivity index (χ4n) is 2.93. The van der Waals surface area contributed by atoms with Crippen LogP contribution in [0.3, 0.4) is 0 Å². The van der Waals surface area contributed by atoms with Crippen LogP contribution in [-0.4, -0.2) is 26.9 Å². The van der Waals surface area contributed by atoms with Gasteiger partial charge in [-0.25, -0.2) is 0 Å². The quantitative estimate of drug-likeness (QED) is 0.532. The summed E-state index contributed by atoms with van der Waals surface area (Å²) >= 11 is 0. The zero-order chi connectivity index (χ0) is 17.8. The van der Waals surface area contributed by atoms with Crippen molar-refractivity contribution in [2.45, 2.75) is 19.8 Å². The molecule has 0 aliphatic carbocycles. The first-order valence-corrected chi connectivity index (χ1v) is 8.65. The summed E-state index contributed by atoms with van der Waals surface area (Å²) in [5.74, 6) is 1.67. The van der Waals surface area contributed by atoms with Gasteiger partial charge in [-0.3, -0.25) is 0 Å². The fourth-order valence-corrected chi connectivity index (χ4v) is 2.93. The molecule has 0 spiro atoms. The number of benzene rings is 2. The van der Waals surface area contributed by atoms with Gasteiger partial charge in [0.1, 0.15) is 0 Å². The summed E-state index contributed by atoms with van der Waals surface area (Å²) in [6, 6.07) is 18.4. The Balaban J connectivity index is 1.53. The van der Waals surface area contributed by atoms with E-state index < -0.39 is 0 Å². The standard InChI is InChI=1S/C20H19N5O/c1-14-22-25-20(26-14)18-16-11-5-6-12-17(16)19(24-23-18)21-13-7-10-15-8-3-2-4-9-15/h2-6,8-9,11-12H,7,10,13H2,1H3,(H,21,24). The third-order valence-corrected chi connectivity index (χ3v) is 4.19. The summed E-state index contributed by atoms with van der Waals surface area (Å²) in [5.41, 5.74) is 1.95. The molecule has 0 atom stereocenters. The third kappa shape index (κ3) is 3.39. The Bertz CT molecular complexity index is 1010. The first kappa shape index (κ1) is 16.2. The SMILES string of the molecule is Cc1nnc(-c2nnc(NCCCc3ccccc3)c3ccccc23)o1. The van der Waals surface area contributed by atoms with Crippen molar-refractivity contribution in [1.29, 1.82) is 0 Å². The lowest BCUT2D eigenvalue weighted by molar-refractivity contribution is 0.531. The first-order valence-electron chi connectivity index (χ1n) is 8.65. The number of anilines is 1. The van der Waals surface area contributed by atoms with E-state index in [1.807, 2.05) is 30.3 Å². The van der Waals surface area contributed by atoms with Crippen LogP contribution in [-0.2, 0) is 6.42 Å². The summed E-state index contributed by atoms with van der Waals surface area (Å²) in [6.45, 7) is 2.58. The lowest BCUT2D eigenvalue weighted by atomic mass is 10.1.